The Kier molecular flexibility index (Phi) is 2.50. The van der Waals surface area contributed by atoms with Gasteiger partial charge in [-0.3, -0.25) is 4.68 Å². The first kappa shape index (κ1) is 11.7. The van der Waals surface area contributed by atoms with E-state index in [-0.39, 0.29) is 12.7 Å². The number of aromatic nitrogens is 2. The van der Waals surface area contributed by atoms with Crippen LogP contribution in [0.25, 0.3) is 10.9 Å². The van der Waals surface area contributed by atoms with Gasteiger partial charge in [-0.2, -0.15) is 5.10 Å². The predicted octanol–water partition coefficient (Wildman–Crippen LogP) is 1.40. The molecule has 5 heteroatoms. The molecule has 94 valence electrons. The van der Waals surface area contributed by atoms with Crippen molar-refractivity contribution in [3.63, 3.8) is 0 Å². The van der Waals surface area contributed by atoms with Gasteiger partial charge in [0.05, 0.1) is 17.7 Å². The van der Waals surface area contributed by atoms with E-state index in [0.29, 0.717) is 6.61 Å². The second-order valence-electron chi connectivity index (χ2n) is 5.60. The quantitative estimate of drug-likeness (QED) is 0.711. The number of hydrogen-bond acceptors (Lipinski definition) is 3. The van der Waals surface area contributed by atoms with Crippen LogP contribution in [0.3, 0.4) is 0 Å². The molecule has 0 atom stereocenters. The van der Waals surface area contributed by atoms with Gasteiger partial charge >= 0.3 is 7.12 Å². The van der Waals surface area contributed by atoms with E-state index in [1.54, 1.807) is 0 Å². The molecular weight excluding hydrogens is 227 g/mol. The lowest BCUT2D eigenvalue weighted by molar-refractivity contribution is 0.137. The van der Waals surface area contributed by atoms with Crippen molar-refractivity contribution in [3.8, 4) is 0 Å². The molecule has 4 nitrogen and oxygen atoms in total. The van der Waals surface area contributed by atoms with Crippen LogP contribution >= 0.6 is 0 Å². The zero-order valence-corrected chi connectivity index (χ0v) is 11.2. The van der Waals surface area contributed by atoms with Crippen LogP contribution in [0, 0.1) is 6.92 Å². The average Bonchev–Trinajstić information content (AvgIpc) is 2.80. The van der Waals surface area contributed by atoms with Crippen molar-refractivity contribution in [2.45, 2.75) is 26.4 Å². The zero-order valence-electron chi connectivity index (χ0n) is 11.2. The predicted molar refractivity (Wildman–Crippen MR) is 72.0 cm³/mol. The normalized spacial score (nSPS) is 18.8. The third kappa shape index (κ3) is 1.93. The van der Waals surface area contributed by atoms with Crippen molar-refractivity contribution >= 4 is 23.5 Å². The number of nitrogens with zero attached hydrogens (tertiary/aromatic N) is 2. The van der Waals surface area contributed by atoms with Gasteiger partial charge in [-0.05, 0) is 31.8 Å². The SMILES string of the molecule is Cc1cc(B2OCC(C)(C)O2)cc2cn(C)nc12. The molecule has 0 aliphatic carbocycles. The summed E-state index contributed by atoms with van der Waals surface area (Å²) >= 11 is 0. The Hall–Kier alpha value is -1.33. The van der Waals surface area contributed by atoms with Crippen LogP contribution in [0.2, 0.25) is 0 Å². The van der Waals surface area contributed by atoms with Crippen LogP contribution in [0.5, 0.6) is 0 Å². The molecular formula is C13H17BN2O2. The van der Waals surface area contributed by atoms with Gasteiger partial charge in [0.15, 0.2) is 0 Å². The molecule has 0 amide bonds. The molecule has 0 radical (unpaired) electrons. The van der Waals surface area contributed by atoms with Crippen molar-refractivity contribution in [1.82, 2.24) is 9.78 Å². The fourth-order valence-electron chi connectivity index (χ4n) is 2.39. The maximum absolute atomic E-state index is 5.90. The highest BCUT2D eigenvalue weighted by Crippen LogP contribution is 2.21. The Morgan fingerprint density at radius 1 is 1.39 bits per heavy atom. The number of fused-ring (bicyclic) bond motifs is 1. The molecule has 2 aromatic rings. The molecule has 2 heterocycles. The number of benzene rings is 1. The third-order valence-electron chi connectivity index (χ3n) is 3.22. The first-order valence-electron chi connectivity index (χ1n) is 6.18. The first-order chi connectivity index (χ1) is 8.44. The molecule has 0 N–H and O–H groups in total. The highest BCUT2D eigenvalue weighted by atomic mass is 16.7. The van der Waals surface area contributed by atoms with Crippen LogP contribution in [0.1, 0.15) is 19.4 Å². The topological polar surface area (TPSA) is 36.3 Å². The van der Waals surface area contributed by atoms with Gasteiger partial charge in [-0.25, -0.2) is 0 Å². The summed E-state index contributed by atoms with van der Waals surface area (Å²) in [6, 6.07) is 4.20. The smallest absolute Gasteiger partial charge is 0.404 e. The monoisotopic (exact) mass is 244 g/mol. The number of rotatable bonds is 1. The molecule has 18 heavy (non-hydrogen) atoms. The summed E-state index contributed by atoms with van der Waals surface area (Å²) in [5, 5.41) is 5.57. The van der Waals surface area contributed by atoms with E-state index in [1.807, 2.05) is 31.8 Å². The lowest BCUT2D eigenvalue weighted by Gasteiger charge is -2.15. The maximum Gasteiger partial charge on any atom is 0.494 e. The molecule has 1 aliphatic rings. The lowest BCUT2D eigenvalue weighted by Crippen LogP contribution is -2.34. The Morgan fingerprint density at radius 3 is 2.83 bits per heavy atom. The summed E-state index contributed by atoms with van der Waals surface area (Å²) in [5.74, 6) is 0. The zero-order chi connectivity index (χ0) is 12.9. The Labute approximate surface area is 107 Å². The van der Waals surface area contributed by atoms with Crippen LogP contribution in [-0.2, 0) is 16.4 Å². The minimum absolute atomic E-state index is 0.206. The molecule has 0 spiro atoms. The van der Waals surface area contributed by atoms with E-state index in [9.17, 15) is 0 Å². The first-order valence-corrected chi connectivity index (χ1v) is 6.18. The molecule has 0 saturated carbocycles. The minimum Gasteiger partial charge on any atom is -0.404 e. The summed E-state index contributed by atoms with van der Waals surface area (Å²) < 4.78 is 13.4. The molecule has 3 rings (SSSR count). The minimum atomic E-state index is -0.261. The molecule has 1 fully saturated rings. The summed E-state index contributed by atoms with van der Waals surface area (Å²) in [6.07, 6.45) is 2.02. The molecule has 1 aromatic carbocycles. The van der Waals surface area contributed by atoms with Crippen molar-refractivity contribution in [1.29, 1.82) is 0 Å². The molecule has 0 bridgehead atoms. The largest absolute Gasteiger partial charge is 0.494 e. The van der Waals surface area contributed by atoms with Crippen molar-refractivity contribution < 1.29 is 9.31 Å². The van der Waals surface area contributed by atoms with Crippen molar-refractivity contribution in [2.75, 3.05) is 6.61 Å². The Bertz CT molecular complexity index is 606. The second kappa shape index (κ2) is 3.83. The number of aryl methyl sites for hydroxylation is 2. The molecule has 1 aliphatic heterocycles. The fourth-order valence-corrected chi connectivity index (χ4v) is 2.39. The van der Waals surface area contributed by atoms with Gasteiger partial charge < -0.3 is 9.31 Å². The van der Waals surface area contributed by atoms with Crippen LogP contribution in [-0.4, -0.2) is 29.1 Å². The van der Waals surface area contributed by atoms with E-state index >= 15 is 0 Å². The van der Waals surface area contributed by atoms with E-state index in [1.165, 1.54) is 0 Å². The van der Waals surface area contributed by atoms with Gasteiger partial charge in [-0.1, -0.05) is 12.1 Å². The van der Waals surface area contributed by atoms with E-state index in [0.717, 1.165) is 21.9 Å². The highest BCUT2D eigenvalue weighted by molar-refractivity contribution is 6.62. The second-order valence-corrected chi connectivity index (χ2v) is 5.60. The highest BCUT2D eigenvalue weighted by Gasteiger charge is 2.38. The van der Waals surface area contributed by atoms with E-state index < -0.39 is 0 Å². The van der Waals surface area contributed by atoms with Gasteiger partial charge in [0.2, 0.25) is 0 Å². The summed E-state index contributed by atoms with van der Waals surface area (Å²) in [4.78, 5) is 0. The summed E-state index contributed by atoms with van der Waals surface area (Å²) in [7, 11) is 1.67. The van der Waals surface area contributed by atoms with Gasteiger partial charge in [-0.15, -0.1) is 0 Å². The molecule has 1 aromatic heterocycles. The van der Waals surface area contributed by atoms with Crippen LogP contribution in [0.4, 0.5) is 0 Å². The summed E-state index contributed by atoms with van der Waals surface area (Å²) in [6.45, 7) is 6.78. The van der Waals surface area contributed by atoms with Gasteiger partial charge in [0.1, 0.15) is 0 Å². The number of hydrogen-bond donors (Lipinski definition) is 0. The average molecular weight is 244 g/mol. The van der Waals surface area contributed by atoms with Crippen molar-refractivity contribution in [3.05, 3.63) is 23.9 Å². The van der Waals surface area contributed by atoms with Crippen molar-refractivity contribution in [2.24, 2.45) is 7.05 Å². The third-order valence-corrected chi connectivity index (χ3v) is 3.22. The fraction of sp³-hybridized carbons (Fsp3) is 0.462. The lowest BCUT2D eigenvalue weighted by atomic mass is 9.78. The Balaban J connectivity index is 2.03. The van der Waals surface area contributed by atoms with E-state index in [2.05, 4.69) is 24.2 Å². The van der Waals surface area contributed by atoms with Crippen LogP contribution in [0.15, 0.2) is 18.3 Å². The molecule has 1 saturated heterocycles. The van der Waals surface area contributed by atoms with E-state index in [4.69, 9.17) is 9.31 Å². The maximum atomic E-state index is 5.90. The van der Waals surface area contributed by atoms with Gasteiger partial charge in [0, 0.05) is 18.6 Å². The standard InChI is InChI=1S/C13H17BN2O2/c1-9-5-11(14-17-8-13(2,3)18-14)6-10-7-16(4)15-12(9)10/h5-7H,8H2,1-4H3. The van der Waals surface area contributed by atoms with Crippen LogP contribution < -0.4 is 5.46 Å². The Morgan fingerprint density at radius 2 is 2.17 bits per heavy atom. The van der Waals surface area contributed by atoms with Gasteiger partial charge in [0.25, 0.3) is 0 Å². The molecule has 0 unspecified atom stereocenters. The summed E-state index contributed by atoms with van der Waals surface area (Å²) in [5.41, 5.74) is 3.06.